The number of benzene rings is 2. The van der Waals surface area contributed by atoms with E-state index in [-0.39, 0.29) is 11.6 Å². The van der Waals surface area contributed by atoms with Gasteiger partial charge in [-0.1, -0.05) is 36.8 Å². The molecule has 7 heteroatoms. The van der Waals surface area contributed by atoms with Crippen LogP contribution in [0.2, 0.25) is 0 Å². The average molecular weight is 415 g/mol. The summed E-state index contributed by atoms with van der Waals surface area (Å²) in [5, 5.41) is 16.3. The Balaban J connectivity index is 1.76. The van der Waals surface area contributed by atoms with Crippen LogP contribution in [-0.2, 0) is 6.42 Å². The highest BCUT2D eigenvalue weighted by atomic mass is 16.5. The third-order valence-electron chi connectivity index (χ3n) is 5.40. The van der Waals surface area contributed by atoms with Gasteiger partial charge in [0.2, 0.25) is 0 Å². The average Bonchev–Trinajstić information content (AvgIpc) is 3.15. The monoisotopic (exact) mass is 415 g/mol. The van der Waals surface area contributed by atoms with Gasteiger partial charge in [0.1, 0.15) is 5.75 Å². The number of carbonyl (C=O) groups is 1. The fourth-order valence-corrected chi connectivity index (χ4v) is 3.70. The highest BCUT2D eigenvalue weighted by molar-refractivity contribution is 6.04. The van der Waals surface area contributed by atoms with E-state index in [1.54, 1.807) is 11.6 Å². The zero-order valence-electron chi connectivity index (χ0n) is 18.4. The summed E-state index contributed by atoms with van der Waals surface area (Å²) in [7, 11) is 1.64. The predicted octanol–water partition coefficient (Wildman–Crippen LogP) is 4.54. The number of hydrogen-bond acceptors (Lipinski definition) is 5. The minimum atomic E-state index is -0.307. The molecule has 2 aromatic carbocycles. The van der Waals surface area contributed by atoms with Crippen molar-refractivity contribution in [2.75, 3.05) is 12.4 Å². The SMILES string of the molecule is CCc1nn2c(C)c(C(=O)Nc3ccc(C)cc3C)nnc2c1-c1ccc(OC)cc1. The number of hydrogen-bond donors (Lipinski definition) is 1. The van der Waals surface area contributed by atoms with E-state index in [2.05, 4.69) is 15.5 Å². The second-order valence-electron chi connectivity index (χ2n) is 7.55. The van der Waals surface area contributed by atoms with E-state index in [1.807, 2.05) is 70.2 Å². The molecule has 0 unspecified atom stereocenters. The summed E-state index contributed by atoms with van der Waals surface area (Å²) in [4.78, 5) is 12.9. The summed E-state index contributed by atoms with van der Waals surface area (Å²) in [6, 6.07) is 13.7. The first-order chi connectivity index (χ1) is 14.9. The Hall–Kier alpha value is -3.74. The van der Waals surface area contributed by atoms with Gasteiger partial charge in [-0.2, -0.15) is 5.10 Å². The third-order valence-corrected chi connectivity index (χ3v) is 5.40. The molecule has 0 saturated heterocycles. The lowest BCUT2D eigenvalue weighted by molar-refractivity contribution is 0.102. The van der Waals surface area contributed by atoms with E-state index in [9.17, 15) is 4.79 Å². The molecule has 2 aromatic heterocycles. The zero-order valence-corrected chi connectivity index (χ0v) is 18.4. The number of rotatable bonds is 5. The molecule has 0 spiro atoms. The van der Waals surface area contributed by atoms with Crippen molar-refractivity contribution in [3.05, 3.63) is 70.7 Å². The van der Waals surface area contributed by atoms with E-state index >= 15 is 0 Å². The van der Waals surface area contributed by atoms with Crippen LogP contribution in [0, 0.1) is 20.8 Å². The predicted molar refractivity (Wildman–Crippen MR) is 121 cm³/mol. The molecule has 0 aliphatic heterocycles. The molecule has 0 aliphatic rings. The van der Waals surface area contributed by atoms with Gasteiger partial charge in [0.05, 0.1) is 24.1 Å². The van der Waals surface area contributed by atoms with Crippen LogP contribution in [-0.4, -0.2) is 32.8 Å². The second-order valence-corrected chi connectivity index (χ2v) is 7.55. The van der Waals surface area contributed by atoms with E-state index in [4.69, 9.17) is 9.84 Å². The van der Waals surface area contributed by atoms with Crippen molar-refractivity contribution in [2.24, 2.45) is 0 Å². The van der Waals surface area contributed by atoms with Crippen LogP contribution in [0.3, 0.4) is 0 Å². The number of methoxy groups -OCH3 is 1. The topological polar surface area (TPSA) is 81.4 Å². The molecule has 0 radical (unpaired) electrons. The molecular formula is C24H25N5O2. The molecule has 4 aromatic rings. The molecule has 1 N–H and O–H groups in total. The van der Waals surface area contributed by atoms with Gasteiger partial charge < -0.3 is 10.1 Å². The van der Waals surface area contributed by atoms with E-state index in [1.165, 1.54) is 0 Å². The minimum Gasteiger partial charge on any atom is -0.497 e. The standard InChI is InChI=1S/C24H25N5O2/c1-6-19-21(17-8-10-18(31-5)11-9-17)23-27-26-22(16(4)29(23)28-19)24(30)25-20-12-7-14(2)13-15(20)3/h7-13H,6H2,1-5H3,(H,25,30). The van der Waals surface area contributed by atoms with Crippen LogP contribution < -0.4 is 10.1 Å². The smallest absolute Gasteiger partial charge is 0.278 e. The first-order valence-electron chi connectivity index (χ1n) is 10.2. The maximum Gasteiger partial charge on any atom is 0.278 e. The van der Waals surface area contributed by atoms with Crippen LogP contribution in [0.1, 0.15) is 39.9 Å². The van der Waals surface area contributed by atoms with Gasteiger partial charge in [0.25, 0.3) is 5.91 Å². The van der Waals surface area contributed by atoms with Crippen molar-refractivity contribution in [3.8, 4) is 16.9 Å². The first kappa shape index (κ1) is 20.5. The molecule has 4 rings (SSSR count). The summed E-state index contributed by atoms with van der Waals surface area (Å²) in [5.74, 6) is 0.476. The Morgan fingerprint density at radius 3 is 2.45 bits per heavy atom. The van der Waals surface area contributed by atoms with Crippen LogP contribution in [0.4, 0.5) is 5.69 Å². The molecule has 1 amide bonds. The van der Waals surface area contributed by atoms with Crippen LogP contribution in [0.25, 0.3) is 16.8 Å². The number of aromatic nitrogens is 4. The molecule has 0 bridgehead atoms. The van der Waals surface area contributed by atoms with Crippen molar-refractivity contribution in [1.29, 1.82) is 0 Å². The van der Waals surface area contributed by atoms with Crippen LogP contribution in [0.5, 0.6) is 5.75 Å². The first-order valence-corrected chi connectivity index (χ1v) is 10.2. The van der Waals surface area contributed by atoms with Gasteiger partial charge in [-0.25, -0.2) is 4.52 Å². The Kier molecular flexibility index (Phi) is 5.42. The normalized spacial score (nSPS) is 11.0. The van der Waals surface area contributed by atoms with Gasteiger partial charge in [-0.3, -0.25) is 4.79 Å². The molecule has 0 fully saturated rings. The molecule has 0 saturated carbocycles. The third kappa shape index (κ3) is 3.74. The molecule has 7 nitrogen and oxygen atoms in total. The fraction of sp³-hybridized carbons (Fsp3) is 0.250. The molecule has 0 aliphatic carbocycles. The van der Waals surface area contributed by atoms with Gasteiger partial charge in [-0.15, -0.1) is 10.2 Å². The number of aryl methyl sites for hydroxylation is 4. The Bertz CT molecular complexity index is 1280. The Morgan fingerprint density at radius 1 is 1.06 bits per heavy atom. The van der Waals surface area contributed by atoms with Crippen molar-refractivity contribution in [1.82, 2.24) is 19.8 Å². The van der Waals surface area contributed by atoms with Gasteiger partial charge in [0.15, 0.2) is 11.3 Å². The quantitative estimate of drug-likeness (QED) is 0.518. The Labute approximate surface area is 181 Å². The summed E-state index contributed by atoms with van der Waals surface area (Å²) in [6.07, 6.45) is 0.730. The van der Waals surface area contributed by atoms with Crippen molar-refractivity contribution in [3.63, 3.8) is 0 Å². The van der Waals surface area contributed by atoms with E-state index in [0.717, 1.165) is 45.8 Å². The zero-order chi connectivity index (χ0) is 22.1. The summed E-state index contributed by atoms with van der Waals surface area (Å²) < 4.78 is 6.97. The summed E-state index contributed by atoms with van der Waals surface area (Å²) >= 11 is 0. The maximum absolute atomic E-state index is 12.9. The molecular weight excluding hydrogens is 390 g/mol. The highest BCUT2D eigenvalue weighted by Gasteiger charge is 2.21. The van der Waals surface area contributed by atoms with Crippen molar-refractivity contribution in [2.45, 2.75) is 34.1 Å². The Morgan fingerprint density at radius 2 is 1.81 bits per heavy atom. The fourth-order valence-electron chi connectivity index (χ4n) is 3.70. The number of nitrogens with one attached hydrogen (secondary N) is 1. The van der Waals surface area contributed by atoms with Crippen molar-refractivity contribution < 1.29 is 9.53 Å². The lowest BCUT2D eigenvalue weighted by Gasteiger charge is -2.10. The molecule has 158 valence electrons. The maximum atomic E-state index is 12.9. The molecule has 31 heavy (non-hydrogen) atoms. The number of fused-ring (bicyclic) bond motifs is 1. The lowest BCUT2D eigenvalue weighted by Crippen LogP contribution is -2.19. The summed E-state index contributed by atoms with van der Waals surface area (Å²) in [5.41, 5.74) is 7.20. The number of ether oxygens (including phenoxy) is 1. The lowest BCUT2D eigenvalue weighted by atomic mass is 10.0. The number of carbonyl (C=O) groups excluding carboxylic acids is 1. The highest BCUT2D eigenvalue weighted by Crippen LogP contribution is 2.30. The number of nitrogens with zero attached hydrogens (tertiary/aromatic N) is 4. The van der Waals surface area contributed by atoms with Crippen molar-refractivity contribution >= 4 is 17.2 Å². The van der Waals surface area contributed by atoms with Crippen LogP contribution >= 0.6 is 0 Å². The van der Waals surface area contributed by atoms with E-state index in [0.29, 0.717) is 11.3 Å². The second kappa shape index (κ2) is 8.18. The number of amides is 1. The summed E-state index contributed by atoms with van der Waals surface area (Å²) in [6.45, 7) is 7.87. The minimum absolute atomic E-state index is 0.249. The van der Waals surface area contributed by atoms with E-state index < -0.39 is 0 Å². The van der Waals surface area contributed by atoms with Gasteiger partial charge >= 0.3 is 0 Å². The largest absolute Gasteiger partial charge is 0.497 e. The molecule has 0 atom stereocenters. The number of anilines is 1. The van der Waals surface area contributed by atoms with Gasteiger partial charge in [0, 0.05) is 5.69 Å². The van der Waals surface area contributed by atoms with Crippen LogP contribution in [0.15, 0.2) is 42.5 Å². The molecule has 2 heterocycles. The van der Waals surface area contributed by atoms with Gasteiger partial charge in [-0.05, 0) is 56.5 Å².